The number of hydrogen-bond donors (Lipinski definition) is 0. The van der Waals surface area contributed by atoms with Crippen molar-refractivity contribution >= 4 is 0 Å². The van der Waals surface area contributed by atoms with E-state index in [1.165, 1.54) is 6.42 Å². The van der Waals surface area contributed by atoms with Gasteiger partial charge < -0.3 is 9.47 Å². The maximum absolute atomic E-state index is 5.42. The average molecular weight is 142 g/mol. The van der Waals surface area contributed by atoms with Gasteiger partial charge in [-0.3, -0.25) is 0 Å². The molecule has 1 unspecified atom stereocenters. The van der Waals surface area contributed by atoms with Crippen LogP contribution in [0.25, 0.3) is 0 Å². The lowest BCUT2D eigenvalue weighted by atomic mass is 9.72. The number of ether oxygens (including phenoxy) is 2. The third-order valence-corrected chi connectivity index (χ3v) is 2.91. The second kappa shape index (κ2) is 2.21. The maximum Gasteiger partial charge on any atom is 0.0569 e. The Kier molecular flexibility index (Phi) is 1.46. The molecule has 58 valence electrons. The van der Waals surface area contributed by atoms with Crippen LogP contribution in [0.2, 0.25) is 0 Å². The molecule has 2 aliphatic rings. The van der Waals surface area contributed by atoms with E-state index in [-0.39, 0.29) is 0 Å². The molecule has 0 aromatic carbocycles. The van der Waals surface area contributed by atoms with E-state index in [0.717, 1.165) is 32.3 Å². The third kappa shape index (κ3) is 0.789. The Hall–Kier alpha value is -0.0800. The summed E-state index contributed by atoms with van der Waals surface area (Å²) in [6, 6.07) is 0. The summed E-state index contributed by atoms with van der Waals surface area (Å²) in [4.78, 5) is 0. The minimum Gasteiger partial charge on any atom is -0.381 e. The van der Waals surface area contributed by atoms with Gasteiger partial charge in [-0.15, -0.1) is 0 Å². The summed E-state index contributed by atoms with van der Waals surface area (Å²) in [5.74, 6) is 0.801. The maximum atomic E-state index is 5.42. The summed E-state index contributed by atoms with van der Waals surface area (Å²) >= 11 is 0. The Bertz CT molecular complexity index is 129. The molecule has 0 aliphatic carbocycles. The van der Waals surface area contributed by atoms with E-state index in [1.807, 2.05) is 0 Å². The molecule has 2 fully saturated rings. The SMILES string of the molecule is CC1CCOCC12COC2. The quantitative estimate of drug-likeness (QED) is 0.503. The van der Waals surface area contributed by atoms with Crippen molar-refractivity contribution < 1.29 is 9.47 Å². The van der Waals surface area contributed by atoms with Crippen molar-refractivity contribution in [1.82, 2.24) is 0 Å². The molecule has 0 aromatic rings. The fourth-order valence-corrected chi connectivity index (χ4v) is 1.72. The second-order valence-corrected chi connectivity index (χ2v) is 3.60. The summed E-state index contributed by atoms with van der Waals surface area (Å²) in [5.41, 5.74) is 0.415. The van der Waals surface area contributed by atoms with Crippen LogP contribution in [-0.2, 0) is 9.47 Å². The summed E-state index contributed by atoms with van der Waals surface area (Å²) in [5, 5.41) is 0. The topological polar surface area (TPSA) is 18.5 Å². The molecule has 2 saturated heterocycles. The molecule has 1 atom stereocenters. The molecule has 2 heteroatoms. The van der Waals surface area contributed by atoms with Gasteiger partial charge in [-0.2, -0.15) is 0 Å². The zero-order valence-corrected chi connectivity index (χ0v) is 6.43. The highest BCUT2D eigenvalue weighted by Gasteiger charge is 2.45. The lowest BCUT2D eigenvalue weighted by molar-refractivity contribution is -0.198. The first kappa shape index (κ1) is 6.62. The van der Waals surface area contributed by atoms with Crippen molar-refractivity contribution in [2.45, 2.75) is 13.3 Å². The van der Waals surface area contributed by atoms with Crippen LogP contribution in [0.3, 0.4) is 0 Å². The van der Waals surface area contributed by atoms with Crippen molar-refractivity contribution in [3.8, 4) is 0 Å². The molecule has 0 aromatic heterocycles. The van der Waals surface area contributed by atoms with Crippen molar-refractivity contribution in [3.05, 3.63) is 0 Å². The van der Waals surface area contributed by atoms with Crippen molar-refractivity contribution in [3.63, 3.8) is 0 Å². The fourth-order valence-electron chi connectivity index (χ4n) is 1.72. The monoisotopic (exact) mass is 142 g/mol. The van der Waals surface area contributed by atoms with Crippen molar-refractivity contribution in [2.24, 2.45) is 11.3 Å². The molecule has 0 N–H and O–H groups in total. The predicted molar refractivity (Wildman–Crippen MR) is 37.9 cm³/mol. The van der Waals surface area contributed by atoms with E-state index in [2.05, 4.69) is 6.92 Å². The van der Waals surface area contributed by atoms with Gasteiger partial charge in [0.2, 0.25) is 0 Å². The zero-order chi connectivity index (χ0) is 7.03. The molecule has 10 heavy (non-hydrogen) atoms. The molecule has 0 amide bonds. The van der Waals surface area contributed by atoms with Crippen LogP contribution in [0.5, 0.6) is 0 Å². The second-order valence-electron chi connectivity index (χ2n) is 3.60. The van der Waals surface area contributed by atoms with Gasteiger partial charge in [-0.05, 0) is 12.3 Å². The average Bonchev–Trinajstić information content (AvgIpc) is 1.85. The van der Waals surface area contributed by atoms with E-state index < -0.39 is 0 Å². The lowest BCUT2D eigenvalue weighted by Crippen LogP contribution is -2.53. The number of rotatable bonds is 0. The Morgan fingerprint density at radius 1 is 1.20 bits per heavy atom. The van der Waals surface area contributed by atoms with Crippen molar-refractivity contribution in [1.29, 1.82) is 0 Å². The largest absolute Gasteiger partial charge is 0.381 e. The fraction of sp³-hybridized carbons (Fsp3) is 1.00. The van der Waals surface area contributed by atoms with E-state index in [4.69, 9.17) is 9.47 Å². The van der Waals surface area contributed by atoms with Gasteiger partial charge in [-0.1, -0.05) is 6.92 Å². The first-order valence-corrected chi connectivity index (χ1v) is 3.99. The summed E-state index contributed by atoms with van der Waals surface area (Å²) in [6.45, 7) is 6.03. The summed E-state index contributed by atoms with van der Waals surface area (Å²) in [7, 11) is 0. The van der Waals surface area contributed by atoms with Gasteiger partial charge in [0.1, 0.15) is 0 Å². The van der Waals surface area contributed by atoms with Gasteiger partial charge in [0.25, 0.3) is 0 Å². The van der Waals surface area contributed by atoms with Crippen LogP contribution in [0.4, 0.5) is 0 Å². The summed E-state index contributed by atoms with van der Waals surface area (Å²) in [6.07, 6.45) is 1.21. The van der Waals surface area contributed by atoms with Gasteiger partial charge in [0.15, 0.2) is 0 Å². The van der Waals surface area contributed by atoms with Gasteiger partial charge in [-0.25, -0.2) is 0 Å². The van der Waals surface area contributed by atoms with Gasteiger partial charge >= 0.3 is 0 Å². The minimum atomic E-state index is 0.415. The first-order chi connectivity index (χ1) is 4.83. The molecule has 0 bridgehead atoms. The molecule has 2 heterocycles. The standard InChI is InChI=1S/C8H14O2/c1-7-2-3-9-4-8(7)5-10-6-8/h7H,2-6H2,1H3. The lowest BCUT2D eigenvalue weighted by Gasteiger charge is -2.48. The zero-order valence-electron chi connectivity index (χ0n) is 6.43. The highest BCUT2D eigenvalue weighted by atomic mass is 16.5. The Labute approximate surface area is 61.5 Å². The molecule has 2 rings (SSSR count). The minimum absolute atomic E-state index is 0.415. The van der Waals surface area contributed by atoms with E-state index >= 15 is 0 Å². The molecule has 0 radical (unpaired) electrons. The predicted octanol–water partition coefficient (Wildman–Crippen LogP) is 1.06. The van der Waals surface area contributed by atoms with E-state index in [9.17, 15) is 0 Å². The van der Waals surface area contributed by atoms with Crippen LogP contribution in [0.15, 0.2) is 0 Å². The van der Waals surface area contributed by atoms with Gasteiger partial charge in [0, 0.05) is 12.0 Å². The molecule has 0 saturated carbocycles. The third-order valence-electron chi connectivity index (χ3n) is 2.91. The van der Waals surface area contributed by atoms with Crippen molar-refractivity contribution in [2.75, 3.05) is 26.4 Å². The molecular formula is C8H14O2. The Morgan fingerprint density at radius 2 is 1.90 bits per heavy atom. The smallest absolute Gasteiger partial charge is 0.0569 e. The molecule has 2 aliphatic heterocycles. The number of hydrogen-bond acceptors (Lipinski definition) is 2. The van der Waals surface area contributed by atoms with Crippen LogP contribution >= 0.6 is 0 Å². The Balaban J connectivity index is 2.03. The molecule has 2 nitrogen and oxygen atoms in total. The van der Waals surface area contributed by atoms with E-state index in [0.29, 0.717) is 5.41 Å². The van der Waals surface area contributed by atoms with Gasteiger partial charge in [0.05, 0.1) is 19.8 Å². The van der Waals surface area contributed by atoms with E-state index in [1.54, 1.807) is 0 Å². The first-order valence-electron chi connectivity index (χ1n) is 3.99. The normalized spacial score (nSPS) is 37.5. The highest BCUT2D eigenvalue weighted by molar-refractivity contribution is 4.91. The highest BCUT2D eigenvalue weighted by Crippen LogP contribution is 2.40. The molecular weight excluding hydrogens is 128 g/mol. The van der Waals surface area contributed by atoms with Crippen LogP contribution in [0.1, 0.15) is 13.3 Å². The summed E-state index contributed by atoms with van der Waals surface area (Å²) < 4.78 is 10.6. The van der Waals surface area contributed by atoms with Crippen LogP contribution in [-0.4, -0.2) is 26.4 Å². The van der Waals surface area contributed by atoms with Crippen LogP contribution < -0.4 is 0 Å². The molecule has 1 spiro atoms. The Morgan fingerprint density at radius 3 is 2.30 bits per heavy atom. The van der Waals surface area contributed by atoms with Crippen LogP contribution in [0, 0.1) is 11.3 Å².